The van der Waals surface area contributed by atoms with Crippen LogP contribution in [0.15, 0.2) is 52.9 Å². The van der Waals surface area contributed by atoms with E-state index >= 15 is 0 Å². The number of nitrogens with zero attached hydrogens (tertiary/aromatic N) is 2. The molecule has 106 valence electrons. The van der Waals surface area contributed by atoms with Gasteiger partial charge in [0, 0.05) is 5.02 Å². The maximum absolute atomic E-state index is 6.14. The Balaban J connectivity index is 1.89. The molecule has 3 aromatic rings. The summed E-state index contributed by atoms with van der Waals surface area (Å²) in [6, 6.07) is 15.1. The summed E-state index contributed by atoms with van der Waals surface area (Å²) in [5, 5.41) is 8.84. The summed E-state index contributed by atoms with van der Waals surface area (Å²) in [6.45, 7) is 0. The van der Waals surface area contributed by atoms with Crippen LogP contribution in [0.4, 0.5) is 0 Å². The van der Waals surface area contributed by atoms with Crippen molar-refractivity contribution in [3.05, 3.63) is 65.0 Å². The fourth-order valence-corrected chi connectivity index (χ4v) is 2.26. The molecule has 21 heavy (non-hydrogen) atoms. The molecule has 0 radical (unpaired) electrons. The predicted octanol–water partition coefficient (Wildman–Crippen LogP) is 3.99. The molecule has 0 aliphatic carbocycles. The van der Waals surface area contributed by atoms with Crippen molar-refractivity contribution >= 4 is 11.6 Å². The maximum atomic E-state index is 6.14. The number of methoxy groups -OCH3 is 1. The minimum Gasteiger partial charge on any atom is -0.496 e. The number of aromatic nitrogens is 2. The first-order valence-electron chi connectivity index (χ1n) is 6.47. The molecular weight excluding hydrogens is 288 g/mol. The molecule has 3 rings (SSSR count). The Hall–Kier alpha value is -2.33. The van der Waals surface area contributed by atoms with Gasteiger partial charge in [-0.3, -0.25) is 0 Å². The SMILES string of the molecule is COc1ccccc1-c1nnc(Cc2ccccc2Cl)o1. The molecule has 4 nitrogen and oxygen atoms in total. The van der Waals surface area contributed by atoms with E-state index < -0.39 is 0 Å². The topological polar surface area (TPSA) is 48.2 Å². The van der Waals surface area contributed by atoms with Crippen molar-refractivity contribution in [3.8, 4) is 17.2 Å². The van der Waals surface area contributed by atoms with Crippen LogP contribution in [0.5, 0.6) is 5.75 Å². The van der Waals surface area contributed by atoms with E-state index in [4.69, 9.17) is 20.8 Å². The van der Waals surface area contributed by atoms with Crippen LogP contribution >= 0.6 is 11.6 Å². The van der Waals surface area contributed by atoms with Gasteiger partial charge in [0.15, 0.2) is 0 Å². The highest BCUT2D eigenvalue weighted by Crippen LogP contribution is 2.29. The third kappa shape index (κ3) is 2.90. The van der Waals surface area contributed by atoms with Crippen molar-refractivity contribution < 1.29 is 9.15 Å². The molecule has 0 aliphatic rings. The largest absolute Gasteiger partial charge is 0.496 e. The lowest BCUT2D eigenvalue weighted by Crippen LogP contribution is -1.89. The van der Waals surface area contributed by atoms with Gasteiger partial charge in [0.1, 0.15) is 5.75 Å². The Morgan fingerprint density at radius 3 is 2.62 bits per heavy atom. The third-order valence-corrected chi connectivity index (χ3v) is 3.47. The van der Waals surface area contributed by atoms with E-state index in [2.05, 4.69) is 10.2 Å². The van der Waals surface area contributed by atoms with Crippen molar-refractivity contribution in [2.75, 3.05) is 7.11 Å². The van der Waals surface area contributed by atoms with Gasteiger partial charge < -0.3 is 9.15 Å². The average molecular weight is 301 g/mol. The van der Waals surface area contributed by atoms with Gasteiger partial charge in [-0.2, -0.15) is 0 Å². The molecule has 0 fully saturated rings. The van der Waals surface area contributed by atoms with E-state index in [0.29, 0.717) is 29.0 Å². The van der Waals surface area contributed by atoms with Crippen LogP contribution in [-0.2, 0) is 6.42 Å². The standard InChI is InChI=1S/C16H13ClN2O2/c1-20-14-9-5-3-7-12(14)16-19-18-15(21-16)10-11-6-2-4-8-13(11)17/h2-9H,10H2,1H3. The van der Waals surface area contributed by atoms with Crippen molar-refractivity contribution in [3.63, 3.8) is 0 Å². The molecule has 0 saturated heterocycles. The van der Waals surface area contributed by atoms with E-state index in [-0.39, 0.29) is 0 Å². The zero-order valence-electron chi connectivity index (χ0n) is 11.4. The summed E-state index contributed by atoms with van der Waals surface area (Å²) >= 11 is 6.14. The Labute approximate surface area is 127 Å². The first-order chi connectivity index (χ1) is 10.3. The number of benzene rings is 2. The van der Waals surface area contributed by atoms with Gasteiger partial charge in [0.25, 0.3) is 5.89 Å². The summed E-state index contributed by atoms with van der Waals surface area (Å²) in [4.78, 5) is 0. The number of halogens is 1. The molecular formula is C16H13ClN2O2. The molecule has 0 spiro atoms. The van der Waals surface area contributed by atoms with Gasteiger partial charge in [-0.25, -0.2) is 0 Å². The molecule has 0 N–H and O–H groups in total. The first-order valence-corrected chi connectivity index (χ1v) is 6.85. The van der Waals surface area contributed by atoms with Crippen LogP contribution in [0.2, 0.25) is 5.02 Å². The van der Waals surface area contributed by atoms with E-state index in [0.717, 1.165) is 11.1 Å². The summed E-state index contributed by atoms with van der Waals surface area (Å²) < 4.78 is 11.0. The summed E-state index contributed by atoms with van der Waals surface area (Å²) in [5.41, 5.74) is 1.73. The zero-order valence-corrected chi connectivity index (χ0v) is 12.2. The number of hydrogen-bond donors (Lipinski definition) is 0. The van der Waals surface area contributed by atoms with Gasteiger partial charge in [0.05, 0.1) is 19.1 Å². The molecule has 0 bridgehead atoms. The normalized spacial score (nSPS) is 10.6. The van der Waals surface area contributed by atoms with Crippen LogP contribution in [0.1, 0.15) is 11.5 Å². The minimum atomic E-state index is 0.439. The Morgan fingerprint density at radius 2 is 1.81 bits per heavy atom. The van der Waals surface area contributed by atoms with Gasteiger partial charge in [-0.15, -0.1) is 10.2 Å². The highest BCUT2D eigenvalue weighted by atomic mass is 35.5. The fraction of sp³-hybridized carbons (Fsp3) is 0.125. The lowest BCUT2D eigenvalue weighted by Gasteiger charge is -2.03. The fourth-order valence-electron chi connectivity index (χ4n) is 2.06. The molecule has 2 aromatic carbocycles. The second kappa shape index (κ2) is 5.97. The van der Waals surface area contributed by atoms with Gasteiger partial charge in [-0.05, 0) is 23.8 Å². The molecule has 1 aromatic heterocycles. The van der Waals surface area contributed by atoms with E-state index in [1.54, 1.807) is 7.11 Å². The Kier molecular flexibility index (Phi) is 3.88. The maximum Gasteiger partial charge on any atom is 0.251 e. The van der Waals surface area contributed by atoms with Crippen LogP contribution in [0, 0.1) is 0 Å². The quantitative estimate of drug-likeness (QED) is 0.731. The van der Waals surface area contributed by atoms with Gasteiger partial charge in [0.2, 0.25) is 5.89 Å². The molecule has 0 unspecified atom stereocenters. The average Bonchev–Trinajstić information content (AvgIpc) is 2.98. The Morgan fingerprint density at radius 1 is 1.05 bits per heavy atom. The highest BCUT2D eigenvalue weighted by molar-refractivity contribution is 6.31. The van der Waals surface area contributed by atoms with E-state index in [1.807, 2.05) is 48.5 Å². The predicted molar refractivity (Wildman–Crippen MR) is 80.5 cm³/mol. The van der Waals surface area contributed by atoms with Crippen molar-refractivity contribution in [1.29, 1.82) is 0 Å². The molecule has 0 atom stereocenters. The summed E-state index contributed by atoms with van der Waals surface area (Å²) in [5.74, 6) is 1.66. The van der Waals surface area contributed by atoms with Gasteiger partial charge >= 0.3 is 0 Å². The third-order valence-electron chi connectivity index (χ3n) is 3.10. The van der Waals surface area contributed by atoms with Crippen LogP contribution < -0.4 is 4.74 Å². The first kappa shape index (κ1) is 13.6. The summed E-state index contributed by atoms with van der Waals surface area (Å²) in [6.07, 6.45) is 0.502. The lowest BCUT2D eigenvalue weighted by molar-refractivity contribution is 0.413. The lowest BCUT2D eigenvalue weighted by atomic mass is 10.1. The van der Waals surface area contributed by atoms with Crippen LogP contribution in [-0.4, -0.2) is 17.3 Å². The highest BCUT2D eigenvalue weighted by Gasteiger charge is 2.13. The number of hydrogen-bond acceptors (Lipinski definition) is 4. The second-order valence-electron chi connectivity index (χ2n) is 4.47. The number of para-hydroxylation sites is 1. The minimum absolute atomic E-state index is 0.439. The molecule has 5 heteroatoms. The number of ether oxygens (including phenoxy) is 1. The molecule has 1 heterocycles. The summed E-state index contributed by atoms with van der Waals surface area (Å²) in [7, 11) is 1.61. The Bertz CT molecular complexity index is 755. The molecule has 0 aliphatic heterocycles. The van der Waals surface area contributed by atoms with Crippen molar-refractivity contribution in [2.24, 2.45) is 0 Å². The van der Waals surface area contributed by atoms with E-state index in [9.17, 15) is 0 Å². The second-order valence-corrected chi connectivity index (χ2v) is 4.88. The van der Waals surface area contributed by atoms with Crippen LogP contribution in [0.25, 0.3) is 11.5 Å². The van der Waals surface area contributed by atoms with Gasteiger partial charge in [-0.1, -0.05) is 41.9 Å². The molecule has 0 saturated carbocycles. The smallest absolute Gasteiger partial charge is 0.251 e. The number of rotatable bonds is 4. The van der Waals surface area contributed by atoms with E-state index in [1.165, 1.54) is 0 Å². The van der Waals surface area contributed by atoms with Crippen LogP contribution in [0.3, 0.4) is 0 Å². The van der Waals surface area contributed by atoms with Crippen molar-refractivity contribution in [2.45, 2.75) is 6.42 Å². The molecule has 0 amide bonds. The van der Waals surface area contributed by atoms with Crippen molar-refractivity contribution in [1.82, 2.24) is 10.2 Å². The zero-order chi connectivity index (χ0) is 14.7. The monoisotopic (exact) mass is 300 g/mol.